The van der Waals surface area contributed by atoms with Gasteiger partial charge in [-0.05, 0) is 73.6 Å². The van der Waals surface area contributed by atoms with E-state index in [4.69, 9.17) is 21.3 Å². The molecular weight excluding hydrogens is 636 g/mol. The number of fused-ring (bicyclic) bond motifs is 1. The number of aryl methyl sites for hydroxylation is 1. The summed E-state index contributed by atoms with van der Waals surface area (Å²) in [6.45, 7) is 2.19. The van der Waals surface area contributed by atoms with E-state index >= 15 is 0 Å². The molecule has 0 spiro atoms. The number of aliphatic hydroxyl groups is 1. The van der Waals surface area contributed by atoms with E-state index in [9.17, 15) is 19.5 Å². The van der Waals surface area contributed by atoms with Crippen molar-refractivity contribution in [3.8, 4) is 5.75 Å². The highest BCUT2D eigenvalue weighted by Gasteiger charge is 2.28. The number of piperidine rings is 2. The van der Waals surface area contributed by atoms with Crippen LogP contribution >= 0.6 is 11.6 Å². The molecule has 14 heteroatoms. The Morgan fingerprint density at radius 1 is 1.06 bits per heavy atom. The number of hydrogen-bond acceptors (Lipinski definition) is 10. The third-order valence-electron chi connectivity index (χ3n) is 8.98. The fourth-order valence-corrected chi connectivity index (χ4v) is 6.27. The van der Waals surface area contributed by atoms with Gasteiger partial charge in [-0.1, -0.05) is 23.7 Å². The second-order valence-electron chi connectivity index (χ2n) is 12.2. The van der Waals surface area contributed by atoms with Crippen LogP contribution in [-0.2, 0) is 16.6 Å². The smallest absolute Gasteiger partial charge is 0.293 e. The molecule has 4 heterocycles. The molecule has 13 nitrogen and oxygen atoms in total. The normalized spacial score (nSPS) is 18.3. The highest BCUT2D eigenvalue weighted by molar-refractivity contribution is 6.32. The molecular formula is C34H39ClN8O5. The summed E-state index contributed by atoms with van der Waals surface area (Å²) in [6.07, 6.45) is 3.98. The number of rotatable bonds is 10. The molecule has 2 atom stereocenters. The lowest BCUT2D eigenvalue weighted by atomic mass is 9.90. The first-order valence-corrected chi connectivity index (χ1v) is 16.4. The quantitative estimate of drug-likeness (QED) is 0.168. The number of halogens is 1. The van der Waals surface area contributed by atoms with E-state index in [1.54, 1.807) is 19.3 Å². The number of pyridine rings is 1. The molecule has 0 bridgehead atoms. The van der Waals surface area contributed by atoms with Gasteiger partial charge in [-0.25, -0.2) is 4.98 Å². The summed E-state index contributed by atoms with van der Waals surface area (Å²) >= 11 is 6.50. The maximum absolute atomic E-state index is 12.7. The molecule has 252 valence electrons. The van der Waals surface area contributed by atoms with Crippen LogP contribution in [0.2, 0.25) is 5.02 Å². The van der Waals surface area contributed by atoms with Crippen LogP contribution in [0.25, 0.3) is 10.9 Å². The number of nitrogens with zero attached hydrogens (tertiary/aromatic N) is 4. The number of nitrogens with one attached hydrogen (secondary N) is 4. The Kier molecular flexibility index (Phi) is 9.97. The minimum atomic E-state index is -0.749. The van der Waals surface area contributed by atoms with E-state index in [2.05, 4.69) is 31.2 Å². The average Bonchev–Trinajstić information content (AvgIpc) is 3.09. The van der Waals surface area contributed by atoms with Crippen LogP contribution in [-0.4, -0.2) is 71.0 Å². The first-order valence-electron chi connectivity index (χ1n) is 16.0. The van der Waals surface area contributed by atoms with Crippen LogP contribution in [0.3, 0.4) is 0 Å². The lowest BCUT2D eigenvalue weighted by Gasteiger charge is -2.32. The average molecular weight is 675 g/mol. The molecule has 5 N–H and O–H groups in total. The number of amides is 2. The topological polar surface area (TPSA) is 163 Å². The number of likely N-dealkylation sites (N-methyl/N-ethyl adjacent to an activating group) is 1. The van der Waals surface area contributed by atoms with Gasteiger partial charge in [0, 0.05) is 50.5 Å². The van der Waals surface area contributed by atoms with Gasteiger partial charge in [0.05, 0.1) is 17.6 Å². The van der Waals surface area contributed by atoms with Crippen molar-refractivity contribution in [3.05, 3.63) is 75.7 Å². The zero-order chi connectivity index (χ0) is 33.8. The molecule has 2 aliphatic heterocycles. The number of benzene rings is 2. The van der Waals surface area contributed by atoms with E-state index in [-0.39, 0.29) is 35.6 Å². The fraction of sp³-hybridized carbons (Fsp3) is 0.382. The van der Waals surface area contributed by atoms with Gasteiger partial charge in [0.15, 0.2) is 18.2 Å². The van der Waals surface area contributed by atoms with Crippen LogP contribution in [0, 0.1) is 5.92 Å². The number of hydrogen-bond donors (Lipinski definition) is 5. The van der Waals surface area contributed by atoms with Gasteiger partial charge < -0.3 is 40.6 Å². The number of ether oxygens (including phenoxy) is 1. The monoisotopic (exact) mass is 674 g/mol. The second kappa shape index (κ2) is 14.5. The van der Waals surface area contributed by atoms with Crippen LogP contribution in [0.5, 0.6) is 5.75 Å². The second-order valence-corrected chi connectivity index (χ2v) is 12.6. The number of anilines is 4. The van der Waals surface area contributed by atoms with Gasteiger partial charge in [-0.2, -0.15) is 4.98 Å². The molecule has 4 aromatic rings. The Balaban J connectivity index is 1.05. The largest absolute Gasteiger partial charge is 0.478 e. The lowest BCUT2D eigenvalue weighted by Crippen LogP contribution is -2.42. The van der Waals surface area contributed by atoms with Gasteiger partial charge in [0.25, 0.3) is 11.5 Å². The van der Waals surface area contributed by atoms with Crippen molar-refractivity contribution in [3.63, 3.8) is 0 Å². The van der Waals surface area contributed by atoms with E-state index in [0.717, 1.165) is 49.1 Å². The van der Waals surface area contributed by atoms with E-state index in [0.29, 0.717) is 46.8 Å². The SMILES string of the molecule is CNC(=O)COc1cc2cc(Nc3nc(N4CCC(CNc5ccc(C6CCC(O)NC6=O)cc5)CC4)ncc3Cl)ccc2n(C)c1=O. The summed E-state index contributed by atoms with van der Waals surface area (Å²) < 4.78 is 6.96. The molecule has 2 amide bonds. The van der Waals surface area contributed by atoms with Crippen molar-refractivity contribution in [2.24, 2.45) is 13.0 Å². The zero-order valence-corrected chi connectivity index (χ0v) is 27.6. The van der Waals surface area contributed by atoms with Crippen LogP contribution in [0.4, 0.5) is 23.1 Å². The summed E-state index contributed by atoms with van der Waals surface area (Å²) in [5.74, 6) is 0.939. The Morgan fingerprint density at radius 3 is 2.54 bits per heavy atom. The standard InChI is InChI=1S/C34H39ClN8O5/c1-36-30(45)19-48-28-16-22-15-24(7-9-27(22)42(2)33(28)47)39-31-26(35)18-38-34(41-31)43-13-11-20(12-14-43)17-37-23-5-3-21(4-6-23)25-8-10-29(44)40-32(25)46/h3-7,9,15-16,18,20,25,29,37,44H,8,10-14,17,19H2,1-2H3,(H,36,45)(H,40,46)(H,38,39,41). The first kappa shape index (κ1) is 33.0. The van der Waals surface area contributed by atoms with Gasteiger partial charge in [0.2, 0.25) is 11.9 Å². The number of carbonyl (C=O) groups excluding carboxylic acids is 2. The van der Waals surface area contributed by atoms with Crippen molar-refractivity contribution >= 4 is 57.5 Å². The van der Waals surface area contributed by atoms with E-state index in [1.165, 1.54) is 11.6 Å². The molecule has 2 unspecified atom stereocenters. The minimum Gasteiger partial charge on any atom is -0.478 e. The molecule has 0 saturated carbocycles. The van der Waals surface area contributed by atoms with Crippen molar-refractivity contribution in [2.75, 3.05) is 48.8 Å². The van der Waals surface area contributed by atoms with Gasteiger partial charge in [-0.3, -0.25) is 14.4 Å². The zero-order valence-electron chi connectivity index (χ0n) is 26.8. The predicted octanol–water partition coefficient (Wildman–Crippen LogP) is 3.49. The van der Waals surface area contributed by atoms with Gasteiger partial charge >= 0.3 is 0 Å². The molecule has 0 radical (unpaired) electrons. The highest BCUT2D eigenvalue weighted by atomic mass is 35.5. The Hall–Kier alpha value is -4.88. The summed E-state index contributed by atoms with van der Waals surface area (Å²) in [6, 6.07) is 15.1. The Bertz CT molecular complexity index is 1860. The molecule has 2 saturated heterocycles. The molecule has 48 heavy (non-hydrogen) atoms. The van der Waals surface area contributed by atoms with Crippen molar-refractivity contribution in [1.82, 2.24) is 25.2 Å². The number of aliphatic hydroxyl groups excluding tert-OH is 1. The van der Waals surface area contributed by atoms with Crippen molar-refractivity contribution in [2.45, 2.75) is 37.8 Å². The van der Waals surface area contributed by atoms with Crippen LogP contribution in [0.15, 0.2) is 59.5 Å². The number of aromatic nitrogens is 3. The third kappa shape index (κ3) is 7.47. The Labute approximate surface area is 282 Å². The maximum Gasteiger partial charge on any atom is 0.293 e. The summed E-state index contributed by atoms with van der Waals surface area (Å²) in [5.41, 5.74) is 3.05. The lowest BCUT2D eigenvalue weighted by molar-refractivity contribution is -0.128. The van der Waals surface area contributed by atoms with Crippen LogP contribution < -0.4 is 36.5 Å². The molecule has 6 rings (SSSR count). The van der Waals surface area contributed by atoms with E-state index in [1.807, 2.05) is 42.5 Å². The number of carbonyl (C=O) groups is 2. The summed E-state index contributed by atoms with van der Waals surface area (Å²) in [7, 11) is 3.16. The Morgan fingerprint density at radius 2 is 1.81 bits per heavy atom. The fourth-order valence-electron chi connectivity index (χ4n) is 6.13. The molecule has 2 aromatic carbocycles. The van der Waals surface area contributed by atoms with Crippen molar-refractivity contribution < 1.29 is 19.4 Å². The molecule has 0 aliphatic carbocycles. The van der Waals surface area contributed by atoms with Gasteiger partial charge in [-0.15, -0.1) is 0 Å². The maximum atomic E-state index is 12.7. The minimum absolute atomic E-state index is 0.0805. The summed E-state index contributed by atoms with van der Waals surface area (Å²) in [4.78, 5) is 48.0. The molecule has 2 fully saturated rings. The van der Waals surface area contributed by atoms with Gasteiger partial charge in [0.1, 0.15) is 11.3 Å². The van der Waals surface area contributed by atoms with E-state index < -0.39 is 6.23 Å². The first-order chi connectivity index (χ1) is 23.2. The molecule has 2 aliphatic rings. The molecule has 2 aromatic heterocycles. The third-order valence-corrected chi connectivity index (χ3v) is 9.26. The predicted molar refractivity (Wildman–Crippen MR) is 185 cm³/mol. The summed E-state index contributed by atoms with van der Waals surface area (Å²) in [5, 5.41) is 22.7. The highest BCUT2D eigenvalue weighted by Crippen LogP contribution is 2.30. The van der Waals surface area contributed by atoms with Crippen LogP contribution in [0.1, 0.15) is 37.2 Å². The van der Waals surface area contributed by atoms with Crippen molar-refractivity contribution in [1.29, 1.82) is 0 Å².